The van der Waals surface area contributed by atoms with Crippen LogP contribution < -0.4 is 5.73 Å². The van der Waals surface area contributed by atoms with Crippen LogP contribution >= 0.6 is 0 Å². The molecule has 2 atom stereocenters. The maximum atomic E-state index is 13.2. The summed E-state index contributed by atoms with van der Waals surface area (Å²) in [7, 11) is 0. The summed E-state index contributed by atoms with van der Waals surface area (Å²) >= 11 is 0. The van der Waals surface area contributed by atoms with Crippen molar-refractivity contribution in [3.05, 3.63) is 41.7 Å². The molecule has 1 fully saturated rings. The Morgan fingerprint density at radius 1 is 1.35 bits per heavy atom. The Labute approximate surface area is 136 Å². The summed E-state index contributed by atoms with van der Waals surface area (Å²) < 4.78 is 0. The number of rotatable bonds is 3. The Morgan fingerprint density at radius 3 is 2.78 bits per heavy atom. The molecule has 1 aromatic carbocycles. The van der Waals surface area contributed by atoms with Crippen LogP contribution in [0, 0.1) is 12.8 Å². The van der Waals surface area contributed by atoms with Crippen molar-refractivity contribution in [2.24, 2.45) is 11.7 Å². The van der Waals surface area contributed by atoms with E-state index in [9.17, 15) is 4.79 Å². The van der Waals surface area contributed by atoms with Gasteiger partial charge in [-0.15, -0.1) is 0 Å². The first-order valence-corrected chi connectivity index (χ1v) is 8.10. The number of hydrogen-bond donors (Lipinski definition) is 1. The number of benzene rings is 1. The minimum atomic E-state index is 0.0167. The molecule has 0 spiro atoms. The molecule has 1 amide bonds. The minimum Gasteiger partial charge on any atom is -0.334 e. The lowest BCUT2D eigenvalue weighted by Crippen LogP contribution is -2.51. The number of piperidine rings is 1. The molecule has 0 saturated carbocycles. The molecule has 2 aromatic rings. The lowest BCUT2D eigenvalue weighted by molar-refractivity contribution is 0.0532. The molecule has 122 valence electrons. The van der Waals surface area contributed by atoms with Crippen molar-refractivity contribution in [3.8, 4) is 5.69 Å². The smallest absolute Gasteiger partial charge is 0.256 e. The number of amides is 1. The van der Waals surface area contributed by atoms with Gasteiger partial charge in [0.25, 0.3) is 5.91 Å². The fourth-order valence-electron chi connectivity index (χ4n) is 3.35. The molecular formula is C17H23N5O. The molecular weight excluding hydrogens is 290 g/mol. The van der Waals surface area contributed by atoms with E-state index >= 15 is 0 Å². The van der Waals surface area contributed by atoms with E-state index in [-0.39, 0.29) is 11.9 Å². The molecule has 3 rings (SSSR count). The van der Waals surface area contributed by atoms with Gasteiger partial charge in [0.2, 0.25) is 0 Å². The molecule has 6 heteroatoms. The maximum Gasteiger partial charge on any atom is 0.256 e. The molecule has 2 heterocycles. The van der Waals surface area contributed by atoms with Gasteiger partial charge in [-0.05, 0) is 37.8 Å². The number of nitrogens with two attached hydrogens (primary N) is 1. The summed E-state index contributed by atoms with van der Waals surface area (Å²) in [4.78, 5) is 16.6. The van der Waals surface area contributed by atoms with Gasteiger partial charge in [0, 0.05) is 19.1 Å². The summed E-state index contributed by atoms with van der Waals surface area (Å²) in [6, 6.07) is 5.87. The molecule has 6 nitrogen and oxygen atoms in total. The Kier molecular flexibility index (Phi) is 4.43. The lowest BCUT2D eigenvalue weighted by Gasteiger charge is -2.39. The number of carbonyl (C=O) groups excluding carboxylic acids is 1. The van der Waals surface area contributed by atoms with Crippen LogP contribution in [0.5, 0.6) is 0 Å². The molecule has 2 N–H and O–H groups in total. The topological polar surface area (TPSA) is 77.0 Å². The Hall–Kier alpha value is -2.21. The number of aromatic nitrogens is 3. The SMILES string of the molecule is Cc1ccc(-n2nccn2)c(C(=O)N2CCC[C@H](C)[C@H]2CN)c1. The molecule has 0 bridgehead atoms. The van der Waals surface area contributed by atoms with Crippen molar-refractivity contribution >= 4 is 5.91 Å². The first kappa shape index (κ1) is 15.7. The van der Waals surface area contributed by atoms with E-state index in [1.54, 1.807) is 12.4 Å². The number of nitrogens with zero attached hydrogens (tertiary/aromatic N) is 4. The van der Waals surface area contributed by atoms with Crippen molar-refractivity contribution in [1.29, 1.82) is 0 Å². The zero-order valence-electron chi connectivity index (χ0n) is 13.6. The second-order valence-electron chi connectivity index (χ2n) is 6.26. The summed E-state index contributed by atoms with van der Waals surface area (Å²) in [5.41, 5.74) is 8.32. The number of aryl methyl sites for hydroxylation is 1. The van der Waals surface area contributed by atoms with Gasteiger partial charge in [0.15, 0.2) is 0 Å². The largest absolute Gasteiger partial charge is 0.334 e. The predicted molar refractivity (Wildman–Crippen MR) is 88.4 cm³/mol. The van der Waals surface area contributed by atoms with Crippen molar-refractivity contribution in [3.63, 3.8) is 0 Å². The van der Waals surface area contributed by atoms with Crippen molar-refractivity contribution < 1.29 is 4.79 Å². The molecule has 23 heavy (non-hydrogen) atoms. The second kappa shape index (κ2) is 6.50. The maximum absolute atomic E-state index is 13.2. The van der Waals surface area contributed by atoms with Crippen LogP contribution in [0.25, 0.3) is 5.69 Å². The summed E-state index contributed by atoms with van der Waals surface area (Å²) in [6.07, 6.45) is 5.36. The third kappa shape index (κ3) is 2.99. The lowest BCUT2D eigenvalue weighted by atomic mass is 9.90. The van der Waals surface area contributed by atoms with Gasteiger partial charge in [-0.25, -0.2) is 0 Å². The van der Waals surface area contributed by atoms with Crippen LogP contribution in [-0.2, 0) is 0 Å². The van der Waals surface area contributed by atoms with E-state index in [0.29, 0.717) is 23.7 Å². The van der Waals surface area contributed by atoms with E-state index in [0.717, 1.165) is 24.9 Å². The first-order valence-electron chi connectivity index (χ1n) is 8.10. The summed E-state index contributed by atoms with van der Waals surface area (Å²) in [6.45, 7) is 5.40. The molecule has 1 aromatic heterocycles. The van der Waals surface area contributed by atoms with E-state index in [2.05, 4.69) is 17.1 Å². The highest BCUT2D eigenvalue weighted by Gasteiger charge is 2.32. The average Bonchev–Trinajstić information content (AvgIpc) is 3.08. The highest BCUT2D eigenvalue weighted by molar-refractivity contribution is 5.98. The quantitative estimate of drug-likeness (QED) is 0.937. The van der Waals surface area contributed by atoms with Gasteiger partial charge in [0.05, 0.1) is 23.6 Å². The predicted octanol–water partition coefficient (Wildman–Crippen LogP) is 1.78. The summed E-state index contributed by atoms with van der Waals surface area (Å²) in [5.74, 6) is 0.441. The van der Waals surface area contributed by atoms with Crippen molar-refractivity contribution in [2.75, 3.05) is 13.1 Å². The van der Waals surface area contributed by atoms with E-state index in [1.807, 2.05) is 30.0 Å². The zero-order valence-corrected chi connectivity index (χ0v) is 13.6. The van der Waals surface area contributed by atoms with E-state index < -0.39 is 0 Å². The number of likely N-dealkylation sites (tertiary alicyclic amines) is 1. The zero-order chi connectivity index (χ0) is 16.4. The second-order valence-corrected chi connectivity index (χ2v) is 6.26. The molecule has 1 aliphatic heterocycles. The molecule has 0 radical (unpaired) electrons. The fourth-order valence-corrected chi connectivity index (χ4v) is 3.35. The Morgan fingerprint density at radius 2 is 2.09 bits per heavy atom. The molecule has 0 aliphatic carbocycles. The molecule has 1 saturated heterocycles. The van der Waals surface area contributed by atoms with Crippen LogP contribution in [0.1, 0.15) is 35.7 Å². The van der Waals surface area contributed by atoms with Crippen LogP contribution in [0.15, 0.2) is 30.6 Å². The average molecular weight is 313 g/mol. The number of hydrogen-bond acceptors (Lipinski definition) is 4. The highest BCUT2D eigenvalue weighted by Crippen LogP contribution is 2.26. The Balaban J connectivity index is 2.00. The van der Waals surface area contributed by atoms with Crippen LogP contribution in [0.3, 0.4) is 0 Å². The van der Waals surface area contributed by atoms with Gasteiger partial charge < -0.3 is 10.6 Å². The van der Waals surface area contributed by atoms with Crippen LogP contribution in [-0.4, -0.2) is 44.9 Å². The normalized spacial score (nSPS) is 21.4. The monoisotopic (exact) mass is 313 g/mol. The summed E-state index contributed by atoms with van der Waals surface area (Å²) in [5, 5.41) is 8.34. The minimum absolute atomic E-state index is 0.0167. The Bertz CT molecular complexity index is 682. The van der Waals surface area contributed by atoms with E-state index in [1.165, 1.54) is 4.80 Å². The van der Waals surface area contributed by atoms with Gasteiger partial charge in [-0.3, -0.25) is 4.79 Å². The third-order valence-electron chi connectivity index (χ3n) is 4.63. The van der Waals surface area contributed by atoms with Crippen LogP contribution in [0.4, 0.5) is 0 Å². The van der Waals surface area contributed by atoms with E-state index in [4.69, 9.17) is 5.73 Å². The highest BCUT2D eigenvalue weighted by atomic mass is 16.2. The van der Waals surface area contributed by atoms with Gasteiger partial charge in [-0.2, -0.15) is 15.0 Å². The van der Waals surface area contributed by atoms with Crippen molar-refractivity contribution in [1.82, 2.24) is 19.9 Å². The van der Waals surface area contributed by atoms with Gasteiger partial charge in [-0.1, -0.05) is 18.6 Å². The molecule has 1 aliphatic rings. The standard InChI is InChI=1S/C17H23N5O/c1-12-5-6-15(22-19-7-8-20-22)14(10-12)17(23)21-9-3-4-13(2)16(21)11-18/h5-8,10,13,16H,3-4,9,11,18H2,1-2H3/t13-,16+/m0/s1. The fraction of sp³-hybridized carbons (Fsp3) is 0.471. The third-order valence-corrected chi connectivity index (χ3v) is 4.63. The number of carbonyl (C=O) groups is 1. The van der Waals surface area contributed by atoms with Crippen molar-refractivity contribution in [2.45, 2.75) is 32.7 Å². The first-order chi connectivity index (χ1) is 11.1. The van der Waals surface area contributed by atoms with Gasteiger partial charge in [0.1, 0.15) is 0 Å². The molecule has 0 unspecified atom stereocenters. The van der Waals surface area contributed by atoms with Crippen LogP contribution in [0.2, 0.25) is 0 Å². The van der Waals surface area contributed by atoms with Gasteiger partial charge >= 0.3 is 0 Å².